The molecule has 5 heteroatoms. The van der Waals surface area contributed by atoms with Crippen LogP contribution in [0.25, 0.3) is 24.3 Å². The molecule has 0 spiro atoms. The van der Waals surface area contributed by atoms with Crippen LogP contribution in [0.4, 0.5) is 0 Å². The van der Waals surface area contributed by atoms with Crippen LogP contribution in [0.15, 0.2) is 121 Å². The normalized spacial score (nSPS) is 19.9. The summed E-state index contributed by atoms with van der Waals surface area (Å²) in [4.78, 5) is 0. The van der Waals surface area contributed by atoms with Crippen LogP contribution in [0, 0.1) is 0 Å². The van der Waals surface area contributed by atoms with Gasteiger partial charge in [-0.2, -0.15) is 0 Å². The third kappa shape index (κ3) is 8.18. The van der Waals surface area contributed by atoms with Gasteiger partial charge < -0.3 is 4.74 Å². The van der Waals surface area contributed by atoms with Gasteiger partial charge in [0.25, 0.3) is 0 Å². The standard InChI is InChI=1S/2C19H17Si.C4H10O.2Li/c2*1-20(18-12-10-14-6-2-4-8-16(14)18)19-13-11-15-7-3-5-9-17(15)19;1-3-5-4-2;;/h2*2-13,18-19H,1H3;3-4H2,1-2H3;;. The van der Waals surface area contributed by atoms with Crippen molar-refractivity contribution in [1.29, 1.82) is 0 Å². The third-order valence-corrected chi connectivity index (χ3v) is 15.5. The van der Waals surface area contributed by atoms with Crippen molar-refractivity contribution in [2.75, 3.05) is 13.2 Å². The topological polar surface area (TPSA) is 9.23 Å². The Morgan fingerprint density at radius 2 is 0.660 bits per heavy atom. The van der Waals surface area contributed by atoms with Gasteiger partial charge in [-0.05, 0) is 80.5 Å². The molecule has 0 heterocycles. The van der Waals surface area contributed by atoms with Crippen molar-refractivity contribution in [3.63, 3.8) is 0 Å². The van der Waals surface area contributed by atoms with Crippen molar-refractivity contribution in [2.24, 2.45) is 0 Å². The molecular weight excluding hydrogens is 591 g/mol. The first kappa shape index (κ1) is 37.3. The van der Waals surface area contributed by atoms with Crippen molar-refractivity contribution >= 4 is 79.6 Å². The molecule has 1 nitrogen and oxygen atoms in total. The number of allylic oxidation sites excluding steroid dienone is 4. The predicted octanol–water partition coefficient (Wildman–Crippen LogP) is 9.90. The van der Waals surface area contributed by atoms with Crippen LogP contribution in [0.1, 0.15) is 80.5 Å². The Labute approximate surface area is 310 Å². The van der Waals surface area contributed by atoms with Gasteiger partial charge >= 0.3 is 0 Å². The number of ether oxygens (including phenoxy) is 1. The first-order valence-corrected chi connectivity index (χ1v) is 20.7. The fourth-order valence-corrected chi connectivity index (χ4v) is 12.6. The quantitative estimate of drug-likeness (QED) is 0.192. The molecule has 4 atom stereocenters. The Balaban J connectivity index is 0.000000180. The summed E-state index contributed by atoms with van der Waals surface area (Å²) in [6.07, 6.45) is 18.9. The molecule has 0 saturated carbocycles. The molecule has 47 heavy (non-hydrogen) atoms. The van der Waals surface area contributed by atoms with Gasteiger partial charge in [0, 0.05) is 50.9 Å². The second kappa shape index (κ2) is 17.7. The molecule has 0 saturated heterocycles. The summed E-state index contributed by atoms with van der Waals surface area (Å²) in [5.41, 5.74) is 14.3. The fraction of sp³-hybridized carbons (Fsp3) is 0.238. The molecule has 0 fully saturated rings. The van der Waals surface area contributed by atoms with Crippen molar-refractivity contribution in [2.45, 2.75) is 49.1 Å². The predicted molar refractivity (Wildman–Crippen MR) is 210 cm³/mol. The minimum Gasteiger partial charge on any atom is -0.382 e. The van der Waals surface area contributed by atoms with E-state index in [0.717, 1.165) is 13.2 Å². The van der Waals surface area contributed by atoms with E-state index in [1.54, 1.807) is 0 Å². The maximum Gasteiger partial charge on any atom is 0.0710 e. The molecule has 0 aromatic heterocycles. The molecular formula is C42H44Li2OSi2. The number of hydrogen-bond donors (Lipinski definition) is 0. The van der Waals surface area contributed by atoms with Gasteiger partial charge in [-0.15, -0.1) is 0 Å². The van der Waals surface area contributed by atoms with Gasteiger partial charge in [-0.3, -0.25) is 0 Å². The van der Waals surface area contributed by atoms with Crippen LogP contribution >= 0.6 is 0 Å². The summed E-state index contributed by atoms with van der Waals surface area (Å²) in [6, 6.07) is 35.4. The maximum absolute atomic E-state index is 4.83. The molecule has 0 N–H and O–H groups in total. The van der Waals surface area contributed by atoms with Crippen LogP contribution in [0.3, 0.4) is 0 Å². The zero-order valence-corrected chi connectivity index (χ0v) is 31.0. The largest absolute Gasteiger partial charge is 0.382 e. The third-order valence-electron chi connectivity index (χ3n) is 9.57. The van der Waals surface area contributed by atoms with Crippen molar-refractivity contribution < 1.29 is 4.74 Å². The number of benzene rings is 4. The van der Waals surface area contributed by atoms with E-state index in [0.29, 0.717) is 22.2 Å². The van der Waals surface area contributed by atoms with Crippen LogP contribution < -0.4 is 0 Å². The van der Waals surface area contributed by atoms with E-state index in [9.17, 15) is 0 Å². The van der Waals surface area contributed by atoms with Gasteiger partial charge in [0.1, 0.15) is 0 Å². The van der Waals surface area contributed by atoms with Gasteiger partial charge in [0.2, 0.25) is 0 Å². The number of fused-ring (bicyclic) bond motifs is 4. The van der Waals surface area contributed by atoms with E-state index in [-0.39, 0.29) is 37.7 Å². The van der Waals surface area contributed by atoms with Gasteiger partial charge in [-0.25, -0.2) is 0 Å². The molecule has 228 valence electrons. The van der Waals surface area contributed by atoms with Crippen LogP contribution in [0.5, 0.6) is 0 Å². The average Bonchev–Trinajstić information content (AvgIpc) is 3.89. The summed E-state index contributed by atoms with van der Waals surface area (Å²) in [6.45, 7) is 10.6. The molecule has 4 aliphatic rings. The van der Waals surface area contributed by atoms with E-state index < -0.39 is 17.6 Å². The second-order valence-electron chi connectivity index (χ2n) is 12.1. The van der Waals surface area contributed by atoms with Crippen LogP contribution in [0.2, 0.25) is 13.1 Å². The molecule has 0 amide bonds. The van der Waals surface area contributed by atoms with E-state index in [1.165, 1.54) is 44.5 Å². The molecule has 8 rings (SSSR count). The second-order valence-corrected chi connectivity index (χ2v) is 17.6. The van der Waals surface area contributed by atoms with Gasteiger partial charge in [0.05, 0.1) is 17.6 Å². The molecule has 0 aliphatic heterocycles. The number of hydrogen-bond acceptors (Lipinski definition) is 1. The summed E-state index contributed by atoms with van der Waals surface area (Å²) >= 11 is 0. The van der Waals surface area contributed by atoms with E-state index in [1.807, 2.05) is 13.8 Å². The first-order chi connectivity index (χ1) is 22.1. The Morgan fingerprint density at radius 1 is 0.426 bits per heavy atom. The Hall–Kier alpha value is -2.57. The molecule has 4 aliphatic carbocycles. The summed E-state index contributed by atoms with van der Waals surface area (Å²) < 4.78 is 4.83. The van der Waals surface area contributed by atoms with E-state index >= 15 is 0 Å². The summed E-state index contributed by atoms with van der Waals surface area (Å²) in [7, 11) is -1.08. The smallest absolute Gasteiger partial charge is 0.0710 e. The first-order valence-electron chi connectivity index (χ1n) is 16.4. The zero-order chi connectivity index (χ0) is 31.2. The SMILES string of the molecule is CCOCC.C[Si](C1C=Cc2ccccc21)C1C=Cc2ccccc21.C[Si](C1C=Cc2ccccc21)C1C=Cc2ccccc21.[Li].[Li]. The van der Waals surface area contributed by atoms with E-state index in [2.05, 4.69) is 159 Å². The van der Waals surface area contributed by atoms with Gasteiger partial charge in [-0.1, -0.05) is 159 Å². The Kier molecular flexibility index (Phi) is 14.0. The molecule has 4 unspecified atom stereocenters. The van der Waals surface area contributed by atoms with Crippen LogP contribution in [-0.2, 0) is 4.74 Å². The minimum atomic E-state index is -0.542. The van der Waals surface area contributed by atoms with Crippen molar-refractivity contribution in [1.82, 2.24) is 0 Å². The van der Waals surface area contributed by atoms with Crippen molar-refractivity contribution in [3.05, 3.63) is 166 Å². The monoisotopic (exact) mass is 634 g/mol. The minimum absolute atomic E-state index is 0. The molecule has 0 bridgehead atoms. The summed E-state index contributed by atoms with van der Waals surface area (Å²) in [5.74, 6) is 0. The van der Waals surface area contributed by atoms with Crippen LogP contribution in [-0.4, -0.2) is 68.5 Å². The molecule has 4 radical (unpaired) electrons. The number of rotatable bonds is 6. The maximum atomic E-state index is 4.83. The molecule has 4 aromatic rings. The van der Waals surface area contributed by atoms with Gasteiger partial charge in [0.15, 0.2) is 0 Å². The Bertz CT molecular complexity index is 1490. The summed E-state index contributed by atoms with van der Waals surface area (Å²) in [5, 5.41) is 0. The van der Waals surface area contributed by atoms with E-state index in [4.69, 9.17) is 4.74 Å². The fourth-order valence-electron chi connectivity index (χ4n) is 7.18. The zero-order valence-electron chi connectivity index (χ0n) is 29.0. The average molecular weight is 635 g/mol. The Morgan fingerprint density at radius 3 is 0.872 bits per heavy atom. The molecule has 4 aromatic carbocycles. The van der Waals surface area contributed by atoms with Crippen molar-refractivity contribution in [3.8, 4) is 0 Å².